The number of hydrogen-bond acceptors (Lipinski definition) is 2. The largest absolute Gasteiger partial charge is 1.00 e. The summed E-state index contributed by atoms with van der Waals surface area (Å²) in [5.74, 6) is 0. The monoisotopic (exact) mass is 92.0 g/mol. The summed E-state index contributed by atoms with van der Waals surface area (Å²) < 4.78 is 0. The summed E-state index contributed by atoms with van der Waals surface area (Å²) in [6.45, 7) is -0.500. The van der Waals surface area contributed by atoms with Crippen LogP contribution in [0, 0.1) is 0 Å². The Balaban J connectivity index is -0.00000000667. The average Bonchev–Trinajstić information content (AvgIpc) is 0.918. The fourth-order valence-corrected chi connectivity index (χ4v) is 0. The van der Waals surface area contributed by atoms with Crippen molar-refractivity contribution in [3.63, 3.8) is 0 Å². The standard InChI is InChI=1S/CH2O2.K.Li.H/c2-1-3;;;/h1H,(H,2,3);;;/q;2*+1;-1/p-1. The van der Waals surface area contributed by atoms with Gasteiger partial charge in [-0.25, -0.2) is 0 Å². The Hall–Kier alpha value is 1.70. The number of rotatable bonds is 0. The van der Waals surface area contributed by atoms with E-state index in [0.717, 1.165) is 0 Å². The van der Waals surface area contributed by atoms with E-state index in [9.17, 15) is 0 Å². The molecule has 0 N–H and O–H groups in total. The van der Waals surface area contributed by atoms with Crippen molar-refractivity contribution in [3.8, 4) is 0 Å². The number of carbonyl (C=O) groups is 1. The second kappa shape index (κ2) is 17.3. The summed E-state index contributed by atoms with van der Waals surface area (Å²) in [5.41, 5.74) is 0. The SMILES string of the molecule is O=C[O-].[H-].[K+].[Li+]. The molecule has 0 aromatic rings. The topological polar surface area (TPSA) is 40.1 Å². The Morgan fingerprint density at radius 3 is 1.80 bits per heavy atom. The molecule has 0 aliphatic heterocycles. The first kappa shape index (κ1) is 15.9. The van der Waals surface area contributed by atoms with Crippen molar-refractivity contribution in [3.05, 3.63) is 0 Å². The molecule has 0 aromatic heterocycles. The summed E-state index contributed by atoms with van der Waals surface area (Å²) >= 11 is 0. The zero-order valence-electron chi connectivity index (χ0n) is 4.39. The van der Waals surface area contributed by atoms with Crippen LogP contribution < -0.4 is 75.4 Å². The first-order valence-electron chi connectivity index (χ1n) is 0.471. The molecule has 0 aromatic carbocycles. The van der Waals surface area contributed by atoms with E-state index >= 15 is 0 Å². The predicted octanol–water partition coefficient (Wildman–Crippen LogP) is -7.51. The van der Waals surface area contributed by atoms with Crippen LogP contribution in [0.15, 0.2) is 0 Å². The maximum absolute atomic E-state index is 8.25. The van der Waals surface area contributed by atoms with Crippen LogP contribution in [-0.2, 0) is 4.79 Å². The van der Waals surface area contributed by atoms with Crippen LogP contribution in [0.3, 0.4) is 0 Å². The maximum Gasteiger partial charge on any atom is 1.00 e. The summed E-state index contributed by atoms with van der Waals surface area (Å²) in [7, 11) is 0. The molecule has 4 heteroatoms. The third-order valence-electron chi connectivity index (χ3n) is 0. The van der Waals surface area contributed by atoms with E-state index in [4.69, 9.17) is 9.90 Å². The molecule has 0 saturated carbocycles. The van der Waals surface area contributed by atoms with Gasteiger partial charge in [-0.1, -0.05) is 0 Å². The fourth-order valence-electron chi connectivity index (χ4n) is 0. The summed E-state index contributed by atoms with van der Waals surface area (Å²) in [6.07, 6.45) is 0. The molecule has 0 bridgehead atoms. The van der Waals surface area contributed by atoms with Gasteiger partial charge in [0, 0.05) is 6.47 Å². The second-order valence-corrected chi connectivity index (χ2v) is 0.0962. The van der Waals surface area contributed by atoms with Crippen LogP contribution in [0.4, 0.5) is 0 Å². The minimum atomic E-state index is -0.500. The molecule has 0 aliphatic rings. The first-order valence-corrected chi connectivity index (χ1v) is 0.471. The Morgan fingerprint density at radius 1 is 1.80 bits per heavy atom. The third kappa shape index (κ3) is 27.0. The number of carboxylic acid groups (broad SMARTS) is 1. The summed E-state index contributed by atoms with van der Waals surface area (Å²) in [5, 5.41) is 8.25. The van der Waals surface area contributed by atoms with Crippen molar-refractivity contribution in [2.24, 2.45) is 0 Å². The van der Waals surface area contributed by atoms with Gasteiger partial charge in [-0.15, -0.1) is 0 Å². The van der Waals surface area contributed by atoms with Crippen molar-refractivity contribution in [2.75, 3.05) is 0 Å². The minimum Gasteiger partial charge on any atom is -1.00 e. The maximum atomic E-state index is 8.25. The predicted molar refractivity (Wildman–Crippen MR) is 7.18 cm³/mol. The summed E-state index contributed by atoms with van der Waals surface area (Å²) in [6, 6.07) is 0. The van der Waals surface area contributed by atoms with Gasteiger partial charge in [0.25, 0.3) is 0 Å². The number of hydrogen-bond donors (Lipinski definition) is 0. The van der Waals surface area contributed by atoms with Gasteiger partial charge in [-0.3, -0.25) is 0 Å². The van der Waals surface area contributed by atoms with Gasteiger partial charge in [-0.2, -0.15) is 0 Å². The molecule has 0 fully saturated rings. The Kier molecular flexibility index (Phi) is 54.9. The molecular weight excluding hydrogens is 90.0 g/mol. The molecule has 0 heterocycles. The zero-order valence-corrected chi connectivity index (χ0v) is 6.52. The molecule has 0 amide bonds. The molecule has 2 nitrogen and oxygen atoms in total. The van der Waals surface area contributed by atoms with E-state index in [1.54, 1.807) is 0 Å². The summed E-state index contributed by atoms with van der Waals surface area (Å²) in [4.78, 5) is 8.25. The smallest absolute Gasteiger partial charge is 1.00 e. The molecule has 0 saturated heterocycles. The molecule has 0 aliphatic carbocycles. The Bertz CT molecular complexity index is 21.0. The molecule has 0 atom stereocenters. The van der Waals surface area contributed by atoms with Crippen molar-refractivity contribution in [1.82, 2.24) is 0 Å². The first-order chi connectivity index (χ1) is 1.41. The molecule has 20 valence electrons. The number of carbonyl (C=O) groups excluding carboxylic acids is 1. The van der Waals surface area contributed by atoms with E-state index in [1.165, 1.54) is 0 Å². The van der Waals surface area contributed by atoms with Crippen LogP contribution in [0.5, 0.6) is 0 Å². The quantitative estimate of drug-likeness (QED) is 0.220. The van der Waals surface area contributed by atoms with Crippen molar-refractivity contribution < 1.29 is 81.6 Å². The molecule has 0 spiro atoms. The van der Waals surface area contributed by atoms with Gasteiger partial charge in [0.05, 0.1) is 0 Å². The van der Waals surface area contributed by atoms with Gasteiger partial charge in [0.2, 0.25) is 0 Å². The molecular formula is CH2KLiO2. The van der Waals surface area contributed by atoms with Crippen LogP contribution in [0.25, 0.3) is 0 Å². The fraction of sp³-hybridized carbons (Fsp3) is 0. The van der Waals surface area contributed by atoms with E-state index in [2.05, 4.69) is 0 Å². The molecule has 0 unspecified atom stereocenters. The van der Waals surface area contributed by atoms with Crippen molar-refractivity contribution in [1.29, 1.82) is 0 Å². The van der Waals surface area contributed by atoms with Crippen molar-refractivity contribution in [2.45, 2.75) is 0 Å². The van der Waals surface area contributed by atoms with Crippen LogP contribution in [0.1, 0.15) is 1.43 Å². The zero-order chi connectivity index (χ0) is 2.71. The second-order valence-electron chi connectivity index (χ2n) is 0.0962. The van der Waals surface area contributed by atoms with Crippen molar-refractivity contribution >= 4 is 6.47 Å². The van der Waals surface area contributed by atoms with E-state index in [1.807, 2.05) is 0 Å². The molecule has 0 radical (unpaired) electrons. The molecule has 5 heavy (non-hydrogen) atoms. The van der Waals surface area contributed by atoms with Crippen LogP contribution >= 0.6 is 0 Å². The van der Waals surface area contributed by atoms with E-state index in [0.29, 0.717) is 0 Å². The van der Waals surface area contributed by atoms with E-state index < -0.39 is 6.47 Å². The van der Waals surface area contributed by atoms with Gasteiger partial charge in [0.1, 0.15) is 0 Å². The van der Waals surface area contributed by atoms with Crippen LogP contribution in [-0.4, -0.2) is 6.47 Å². The van der Waals surface area contributed by atoms with Gasteiger partial charge >= 0.3 is 70.2 Å². The third-order valence-corrected chi connectivity index (χ3v) is 0. The van der Waals surface area contributed by atoms with E-state index in [-0.39, 0.29) is 71.7 Å². The van der Waals surface area contributed by atoms with Gasteiger partial charge in [0.15, 0.2) is 0 Å². The van der Waals surface area contributed by atoms with Gasteiger partial charge in [-0.05, 0) is 0 Å². The average molecular weight is 92.1 g/mol. The normalized spacial score (nSPS) is 2.40. The Morgan fingerprint density at radius 2 is 1.80 bits per heavy atom. The minimum absolute atomic E-state index is 0. The molecule has 0 rings (SSSR count). The van der Waals surface area contributed by atoms with Crippen LogP contribution in [0.2, 0.25) is 0 Å². The van der Waals surface area contributed by atoms with Gasteiger partial charge < -0.3 is 11.3 Å². The Labute approximate surface area is 86.4 Å².